The Morgan fingerprint density at radius 2 is 1.76 bits per heavy atom. The van der Waals surface area contributed by atoms with Crippen LogP contribution in [0.2, 0.25) is 0 Å². The molecule has 2 aliphatic rings. The number of anilines is 1. The summed E-state index contributed by atoms with van der Waals surface area (Å²) in [7, 11) is 0. The van der Waals surface area contributed by atoms with E-state index in [1.807, 2.05) is 13.0 Å². The maximum absolute atomic E-state index is 13.1. The van der Waals surface area contributed by atoms with Gasteiger partial charge in [0.25, 0.3) is 0 Å². The van der Waals surface area contributed by atoms with E-state index in [4.69, 9.17) is 4.42 Å². The molecular weight excluding hydrogens is 362 g/mol. The number of carbonyl (C=O) groups is 1. The molecule has 0 bridgehead atoms. The van der Waals surface area contributed by atoms with E-state index in [-0.39, 0.29) is 5.92 Å². The lowest BCUT2D eigenvalue weighted by Crippen LogP contribution is -3.11. The molecule has 2 aliphatic heterocycles. The average Bonchev–Trinajstić information content (AvgIpc) is 3.15. The van der Waals surface area contributed by atoms with E-state index in [0.29, 0.717) is 5.91 Å². The first kappa shape index (κ1) is 20.0. The SMILES string of the molecule is Cc1ccc(C[NH+]2CCC(C(=O)N3CCN(c4cccc(C)c4C)CC3)CC2)o1. The van der Waals surface area contributed by atoms with Gasteiger partial charge in [-0.15, -0.1) is 0 Å². The largest absolute Gasteiger partial charge is 0.460 e. The van der Waals surface area contributed by atoms with Gasteiger partial charge in [-0.2, -0.15) is 0 Å². The molecule has 1 amide bonds. The molecule has 29 heavy (non-hydrogen) atoms. The van der Waals surface area contributed by atoms with Gasteiger partial charge in [-0.05, 0) is 50.1 Å². The molecule has 0 saturated carbocycles. The summed E-state index contributed by atoms with van der Waals surface area (Å²) < 4.78 is 5.72. The number of rotatable bonds is 4. The molecule has 3 heterocycles. The molecule has 1 aromatic heterocycles. The predicted molar refractivity (Wildman–Crippen MR) is 115 cm³/mol. The van der Waals surface area contributed by atoms with Crippen molar-refractivity contribution in [1.29, 1.82) is 0 Å². The second-order valence-corrected chi connectivity index (χ2v) is 8.74. The molecule has 0 aliphatic carbocycles. The van der Waals surface area contributed by atoms with Crippen molar-refractivity contribution in [1.82, 2.24) is 4.90 Å². The van der Waals surface area contributed by atoms with E-state index in [2.05, 4.69) is 47.9 Å². The molecule has 2 aromatic rings. The van der Waals surface area contributed by atoms with E-state index in [1.54, 1.807) is 0 Å². The molecule has 1 N–H and O–H groups in total. The van der Waals surface area contributed by atoms with Gasteiger partial charge < -0.3 is 19.1 Å². The lowest BCUT2D eigenvalue weighted by Gasteiger charge is -2.39. The molecule has 0 radical (unpaired) electrons. The van der Waals surface area contributed by atoms with E-state index in [0.717, 1.165) is 70.2 Å². The zero-order valence-corrected chi connectivity index (χ0v) is 18.0. The van der Waals surface area contributed by atoms with Crippen LogP contribution in [-0.2, 0) is 11.3 Å². The predicted octanol–water partition coefficient (Wildman–Crippen LogP) is 2.35. The van der Waals surface area contributed by atoms with Gasteiger partial charge in [-0.25, -0.2) is 0 Å². The van der Waals surface area contributed by atoms with E-state index < -0.39 is 0 Å². The zero-order valence-electron chi connectivity index (χ0n) is 18.0. The highest BCUT2D eigenvalue weighted by molar-refractivity contribution is 5.79. The smallest absolute Gasteiger partial charge is 0.226 e. The van der Waals surface area contributed by atoms with Crippen LogP contribution in [0, 0.1) is 26.7 Å². The molecule has 1 aromatic carbocycles. The Balaban J connectivity index is 1.26. The summed E-state index contributed by atoms with van der Waals surface area (Å²) in [6.07, 6.45) is 1.98. The maximum Gasteiger partial charge on any atom is 0.226 e. The molecule has 0 atom stereocenters. The fraction of sp³-hybridized carbons (Fsp3) is 0.542. The van der Waals surface area contributed by atoms with E-state index in [1.165, 1.54) is 21.7 Å². The molecule has 2 saturated heterocycles. The van der Waals surface area contributed by atoms with Gasteiger partial charge in [-0.1, -0.05) is 12.1 Å². The van der Waals surface area contributed by atoms with Crippen LogP contribution in [-0.4, -0.2) is 50.1 Å². The first-order chi connectivity index (χ1) is 14.0. The number of amides is 1. The van der Waals surface area contributed by atoms with Crippen LogP contribution in [0.1, 0.15) is 35.5 Å². The van der Waals surface area contributed by atoms with Crippen LogP contribution in [0.4, 0.5) is 5.69 Å². The molecular formula is C24H34N3O2+. The van der Waals surface area contributed by atoms with Crippen molar-refractivity contribution < 1.29 is 14.1 Å². The number of benzene rings is 1. The quantitative estimate of drug-likeness (QED) is 0.863. The first-order valence-corrected chi connectivity index (χ1v) is 11.0. The number of nitrogens with zero attached hydrogens (tertiary/aromatic N) is 2. The van der Waals surface area contributed by atoms with Gasteiger partial charge >= 0.3 is 0 Å². The highest BCUT2D eigenvalue weighted by Crippen LogP contribution is 2.24. The Labute approximate surface area is 174 Å². The number of hydrogen-bond acceptors (Lipinski definition) is 3. The minimum atomic E-state index is 0.198. The minimum absolute atomic E-state index is 0.198. The third-order valence-corrected chi connectivity index (χ3v) is 6.77. The Bertz CT molecular complexity index is 844. The fourth-order valence-corrected chi connectivity index (χ4v) is 4.78. The van der Waals surface area contributed by atoms with Crippen LogP contribution >= 0.6 is 0 Å². The Kier molecular flexibility index (Phi) is 5.95. The molecule has 5 heteroatoms. The second-order valence-electron chi connectivity index (χ2n) is 8.74. The van der Waals surface area contributed by atoms with Crippen LogP contribution in [0.5, 0.6) is 0 Å². The van der Waals surface area contributed by atoms with Crippen molar-refractivity contribution in [2.24, 2.45) is 5.92 Å². The van der Waals surface area contributed by atoms with Crippen LogP contribution in [0.15, 0.2) is 34.7 Å². The van der Waals surface area contributed by atoms with Gasteiger partial charge in [0.15, 0.2) is 5.76 Å². The molecule has 2 fully saturated rings. The summed E-state index contributed by atoms with van der Waals surface area (Å²) in [6.45, 7) is 12.9. The minimum Gasteiger partial charge on any atom is -0.460 e. The number of carbonyl (C=O) groups excluding carboxylic acids is 1. The topological polar surface area (TPSA) is 41.1 Å². The Morgan fingerprint density at radius 3 is 2.41 bits per heavy atom. The molecule has 156 valence electrons. The zero-order chi connectivity index (χ0) is 20.4. The summed E-state index contributed by atoms with van der Waals surface area (Å²) in [5.41, 5.74) is 4.01. The highest BCUT2D eigenvalue weighted by Gasteiger charge is 2.32. The number of likely N-dealkylation sites (tertiary alicyclic amines) is 1. The summed E-state index contributed by atoms with van der Waals surface area (Å²) in [5.74, 6) is 2.61. The van der Waals surface area contributed by atoms with Gasteiger partial charge in [0.05, 0.1) is 13.1 Å². The molecule has 4 rings (SSSR count). The number of aryl methyl sites for hydroxylation is 2. The third kappa shape index (κ3) is 4.50. The van der Waals surface area contributed by atoms with Crippen LogP contribution in [0.3, 0.4) is 0 Å². The van der Waals surface area contributed by atoms with E-state index in [9.17, 15) is 4.79 Å². The summed E-state index contributed by atoms with van der Waals surface area (Å²) in [6, 6.07) is 10.6. The average molecular weight is 397 g/mol. The van der Waals surface area contributed by atoms with E-state index >= 15 is 0 Å². The number of piperidine rings is 1. The first-order valence-electron chi connectivity index (χ1n) is 11.0. The lowest BCUT2D eigenvalue weighted by atomic mass is 9.95. The number of hydrogen-bond donors (Lipinski definition) is 1. The van der Waals surface area contributed by atoms with Crippen molar-refractivity contribution in [2.75, 3.05) is 44.2 Å². The number of quaternary nitrogens is 1. The second kappa shape index (κ2) is 8.62. The van der Waals surface area contributed by atoms with Gasteiger partial charge in [0.1, 0.15) is 12.3 Å². The van der Waals surface area contributed by atoms with Crippen molar-refractivity contribution in [3.8, 4) is 0 Å². The standard InChI is InChI=1S/C24H33N3O2/c1-18-5-4-6-23(20(18)3)26-13-15-27(16-14-26)24(28)21-9-11-25(12-10-21)17-22-8-7-19(2)29-22/h4-8,21H,9-17H2,1-3H3/p+1. The normalized spacial score (nSPS) is 22.7. The summed E-state index contributed by atoms with van der Waals surface area (Å²) in [5, 5.41) is 0. The van der Waals surface area contributed by atoms with Crippen molar-refractivity contribution >= 4 is 11.6 Å². The van der Waals surface area contributed by atoms with Crippen molar-refractivity contribution in [2.45, 2.75) is 40.2 Å². The number of piperazine rings is 1. The third-order valence-electron chi connectivity index (χ3n) is 6.77. The Hall–Kier alpha value is -2.27. The maximum atomic E-state index is 13.1. The van der Waals surface area contributed by atoms with Gasteiger partial charge in [0, 0.05) is 50.6 Å². The number of furan rings is 1. The number of nitrogens with one attached hydrogen (secondary N) is 1. The lowest BCUT2D eigenvalue weighted by molar-refractivity contribution is -0.920. The summed E-state index contributed by atoms with van der Waals surface area (Å²) >= 11 is 0. The Morgan fingerprint density at radius 1 is 1.03 bits per heavy atom. The van der Waals surface area contributed by atoms with Crippen LogP contribution < -0.4 is 9.80 Å². The van der Waals surface area contributed by atoms with Crippen molar-refractivity contribution in [3.63, 3.8) is 0 Å². The van der Waals surface area contributed by atoms with Gasteiger partial charge in [0.2, 0.25) is 5.91 Å². The molecule has 5 nitrogen and oxygen atoms in total. The fourth-order valence-electron chi connectivity index (χ4n) is 4.78. The van der Waals surface area contributed by atoms with Crippen molar-refractivity contribution in [3.05, 3.63) is 53.0 Å². The van der Waals surface area contributed by atoms with Gasteiger partial charge in [-0.3, -0.25) is 4.79 Å². The van der Waals surface area contributed by atoms with Crippen LogP contribution in [0.25, 0.3) is 0 Å². The monoisotopic (exact) mass is 396 g/mol. The summed E-state index contributed by atoms with van der Waals surface area (Å²) in [4.78, 5) is 19.1. The molecule has 0 spiro atoms. The molecule has 0 unspecified atom stereocenters. The highest BCUT2D eigenvalue weighted by atomic mass is 16.3.